The van der Waals surface area contributed by atoms with Gasteiger partial charge in [0.15, 0.2) is 0 Å². The van der Waals surface area contributed by atoms with Crippen LogP contribution < -0.4 is 4.90 Å². The van der Waals surface area contributed by atoms with Crippen molar-refractivity contribution in [3.63, 3.8) is 0 Å². The Hall–Kier alpha value is -1.36. The van der Waals surface area contributed by atoms with E-state index < -0.39 is 4.92 Å². The Kier molecular flexibility index (Phi) is 4.49. The van der Waals surface area contributed by atoms with Crippen LogP contribution in [0.5, 0.6) is 0 Å². The fourth-order valence-corrected chi connectivity index (χ4v) is 1.92. The monoisotopic (exact) mass is 331 g/mol. The van der Waals surface area contributed by atoms with E-state index in [0.29, 0.717) is 16.5 Å². The van der Waals surface area contributed by atoms with Crippen molar-refractivity contribution in [1.82, 2.24) is 0 Å². The summed E-state index contributed by atoms with van der Waals surface area (Å²) in [6.45, 7) is 0.615. The number of nitrogens with zero attached hydrogens (tertiary/aromatic N) is 3. The van der Waals surface area contributed by atoms with Crippen LogP contribution in [0.1, 0.15) is 6.42 Å². The summed E-state index contributed by atoms with van der Waals surface area (Å²) in [7, 11) is 1.86. The topological polar surface area (TPSA) is 70.2 Å². The van der Waals surface area contributed by atoms with Gasteiger partial charge in [-0.2, -0.15) is 5.26 Å². The van der Waals surface area contributed by atoms with Gasteiger partial charge in [-0.25, -0.2) is 0 Å². The largest absolute Gasteiger partial charge is 0.374 e. The number of hydrogen-bond acceptors (Lipinski definition) is 4. The lowest BCUT2D eigenvalue weighted by atomic mass is 10.2. The predicted octanol–water partition coefficient (Wildman–Crippen LogP) is 2.55. The molecule has 0 heterocycles. The van der Waals surface area contributed by atoms with Gasteiger partial charge in [-0.3, -0.25) is 10.1 Å². The lowest BCUT2D eigenvalue weighted by Gasteiger charge is -2.17. The van der Waals surface area contributed by atoms with Gasteiger partial charge in [-0.15, -0.1) is 0 Å². The van der Waals surface area contributed by atoms with Crippen LogP contribution in [0, 0.1) is 25.0 Å². The highest BCUT2D eigenvalue weighted by molar-refractivity contribution is 14.1. The molecule has 0 spiro atoms. The molecular weight excluding hydrogens is 321 g/mol. The molecule has 0 saturated carbocycles. The standard InChI is InChI=1S/C10H10IN3O2/c1-13(6-2-5-12)8-3-4-10(14(15)16)9(11)7-8/h3-4,7H,2,6H2,1H3. The maximum Gasteiger partial charge on any atom is 0.282 e. The Morgan fingerprint density at radius 1 is 1.62 bits per heavy atom. The van der Waals surface area contributed by atoms with Gasteiger partial charge in [0.1, 0.15) is 0 Å². The molecule has 84 valence electrons. The average molecular weight is 331 g/mol. The molecule has 1 aromatic rings. The van der Waals surface area contributed by atoms with Gasteiger partial charge in [0.25, 0.3) is 5.69 Å². The van der Waals surface area contributed by atoms with Crippen molar-refractivity contribution in [3.05, 3.63) is 31.9 Å². The van der Waals surface area contributed by atoms with Gasteiger partial charge in [0.2, 0.25) is 0 Å². The van der Waals surface area contributed by atoms with E-state index in [1.165, 1.54) is 6.07 Å². The van der Waals surface area contributed by atoms with E-state index in [1.807, 2.05) is 34.5 Å². The number of anilines is 1. The first-order valence-corrected chi connectivity index (χ1v) is 5.66. The molecule has 0 atom stereocenters. The van der Waals surface area contributed by atoms with E-state index in [2.05, 4.69) is 6.07 Å². The zero-order valence-electron chi connectivity index (χ0n) is 8.68. The van der Waals surface area contributed by atoms with Crippen LogP contribution in [-0.2, 0) is 0 Å². The SMILES string of the molecule is CN(CCC#N)c1ccc([N+](=O)[O-])c(I)c1. The van der Waals surface area contributed by atoms with E-state index in [1.54, 1.807) is 12.1 Å². The van der Waals surface area contributed by atoms with Crippen molar-refractivity contribution in [2.75, 3.05) is 18.5 Å². The highest BCUT2D eigenvalue weighted by atomic mass is 127. The smallest absolute Gasteiger partial charge is 0.282 e. The minimum absolute atomic E-state index is 0.109. The van der Waals surface area contributed by atoms with Crippen molar-refractivity contribution < 1.29 is 4.92 Å². The van der Waals surface area contributed by atoms with Crippen LogP contribution >= 0.6 is 22.6 Å². The quantitative estimate of drug-likeness (QED) is 0.483. The van der Waals surface area contributed by atoms with Crippen molar-refractivity contribution in [2.45, 2.75) is 6.42 Å². The van der Waals surface area contributed by atoms with Gasteiger partial charge >= 0.3 is 0 Å². The Labute approximate surface area is 107 Å². The molecule has 0 aliphatic rings. The normalized spacial score (nSPS) is 9.56. The van der Waals surface area contributed by atoms with Crippen LogP contribution in [0.25, 0.3) is 0 Å². The number of halogens is 1. The molecule has 0 unspecified atom stereocenters. The average Bonchev–Trinajstić information content (AvgIpc) is 2.25. The molecule has 1 rings (SSSR count). The third kappa shape index (κ3) is 3.06. The highest BCUT2D eigenvalue weighted by Crippen LogP contribution is 2.25. The first-order valence-electron chi connectivity index (χ1n) is 4.58. The third-order valence-electron chi connectivity index (χ3n) is 2.13. The van der Waals surface area contributed by atoms with Gasteiger partial charge in [-0.1, -0.05) is 0 Å². The van der Waals surface area contributed by atoms with Crippen LogP contribution in [0.3, 0.4) is 0 Å². The fraction of sp³-hybridized carbons (Fsp3) is 0.300. The van der Waals surface area contributed by atoms with Gasteiger partial charge < -0.3 is 4.90 Å². The van der Waals surface area contributed by atoms with E-state index >= 15 is 0 Å². The number of rotatable bonds is 4. The number of nitro groups is 1. The molecule has 0 saturated heterocycles. The zero-order valence-corrected chi connectivity index (χ0v) is 10.8. The number of hydrogen-bond donors (Lipinski definition) is 0. The molecule has 0 fully saturated rings. The minimum atomic E-state index is -0.402. The van der Waals surface area contributed by atoms with E-state index in [-0.39, 0.29) is 5.69 Å². The first kappa shape index (κ1) is 12.7. The van der Waals surface area contributed by atoms with Crippen LogP contribution in [-0.4, -0.2) is 18.5 Å². The van der Waals surface area contributed by atoms with Crippen molar-refractivity contribution in [3.8, 4) is 6.07 Å². The van der Waals surface area contributed by atoms with Crippen LogP contribution in [0.4, 0.5) is 11.4 Å². The summed E-state index contributed by atoms with van der Waals surface area (Å²) in [6.07, 6.45) is 0.435. The first-order chi connectivity index (χ1) is 7.56. The molecular formula is C10H10IN3O2. The maximum atomic E-state index is 10.6. The molecule has 0 bridgehead atoms. The summed E-state index contributed by atoms with van der Waals surface area (Å²) in [5.74, 6) is 0. The Bertz CT molecular complexity index is 442. The lowest BCUT2D eigenvalue weighted by molar-refractivity contribution is -0.385. The minimum Gasteiger partial charge on any atom is -0.374 e. The molecule has 1 aromatic carbocycles. The van der Waals surface area contributed by atoms with Crippen molar-refractivity contribution in [2.24, 2.45) is 0 Å². The van der Waals surface area contributed by atoms with E-state index in [4.69, 9.17) is 5.26 Å². The van der Waals surface area contributed by atoms with Gasteiger partial charge in [-0.05, 0) is 34.7 Å². The summed E-state index contributed by atoms with van der Waals surface area (Å²) in [5.41, 5.74) is 0.989. The van der Waals surface area contributed by atoms with Crippen molar-refractivity contribution in [1.29, 1.82) is 5.26 Å². The Morgan fingerprint density at radius 3 is 2.81 bits per heavy atom. The summed E-state index contributed by atoms with van der Waals surface area (Å²) in [5, 5.41) is 19.1. The second kappa shape index (κ2) is 5.65. The van der Waals surface area contributed by atoms with Gasteiger partial charge in [0.05, 0.1) is 21.0 Å². The fourth-order valence-electron chi connectivity index (χ4n) is 1.23. The molecule has 0 amide bonds. The van der Waals surface area contributed by atoms with Gasteiger partial charge in [0, 0.05) is 25.3 Å². The summed E-state index contributed by atoms with van der Waals surface area (Å²) >= 11 is 1.94. The van der Waals surface area contributed by atoms with E-state index in [9.17, 15) is 10.1 Å². The second-order valence-corrected chi connectivity index (χ2v) is 4.38. The summed E-state index contributed by atoms with van der Waals surface area (Å²) in [6, 6.07) is 6.99. The maximum absolute atomic E-state index is 10.6. The Morgan fingerprint density at radius 2 is 2.31 bits per heavy atom. The zero-order chi connectivity index (χ0) is 12.1. The molecule has 5 nitrogen and oxygen atoms in total. The molecule has 0 aliphatic heterocycles. The molecule has 6 heteroatoms. The number of nitro benzene ring substituents is 1. The molecule has 16 heavy (non-hydrogen) atoms. The third-order valence-corrected chi connectivity index (χ3v) is 2.99. The molecule has 0 radical (unpaired) electrons. The summed E-state index contributed by atoms with van der Waals surface area (Å²) in [4.78, 5) is 12.1. The molecule has 0 aliphatic carbocycles. The predicted molar refractivity (Wildman–Crippen MR) is 69.3 cm³/mol. The summed E-state index contributed by atoms with van der Waals surface area (Å²) < 4.78 is 0.601. The molecule has 0 N–H and O–H groups in total. The number of benzene rings is 1. The van der Waals surface area contributed by atoms with E-state index in [0.717, 1.165) is 5.69 Å². The van der Waals surface area contributed by atoms with Crippen molar-refractivity contribution >= 4 is 34.0 Å². The lowest BCUT2D eigenvalue weighted by Crippen LogP contribution is -2.18. The molecule has 0 aromatic heterocycles. The second-order valence-electron chi connectivity index (χ2n) is 3.22. The van der Waals surface area contributed by atoms with Crippen LogP contribution in [0.15, 0.2) is 18.2 Å². The van der Waals surface area contributed by atoms with Crippen LogP contribution in [0.2, 0.25) is 0 Å². The Balaban J connectivity index is 2.89. The highest BCUT2D eigenvalue weighted by Gasteiger charge is 2.12. The number of nitriles is 1.